The summed E-state index contributed by atoms with van der Waals surface area (Å²) >= 11 is 0. The van der Waals surface area contributed by atoms with Gasteiger partial charge in [0, 0.05) is 19.8 Å². The molecular weight excluding hydrogens is 507 g/mol. The molecule has 39 heavy (non-hydrogen) atoms. The first-order valence-corrected chi connectivity index (χ1v) is 12.2. The van der Waals surface area contributed by atoms with E-state index >= 15 is 0 Å². The molecule has 0 aliphatic rings. The molecule has 0 heterocycles. The van der Waals surface area contributed by atoms with Gasteiger partial charge >= 0.3 is 12.1 Å². The zero-order chi connectivity index (χ0) is 28.2. The lowest BCUT2D eigenvalue weighted by Crippen LogP contribution is -2.10. The van der Waals surface area contributed by atoms with Crippen molar-refractivity contribution >= 4 is 11.7 Å². The number of carboxylic acids is 1. The lowest BCUT2D eigenvalue weighted by molar-refractivity contribution is -0.139. The van der Waals surface area contributed by atoms with Crippen molar-refractivity contribution in [3.8, 4) is 33.8 Å². The van der Waals surface area contributed by atoms with Crippen molar-refractivity contribution in [3.63, 3.8) is 0 Å². The van der Waals surface area contributed by atoms with Crippen molar-refractivity contribution in [2.45, 2.75) is 19.7 Å². The number of alkyl halides is 3. The number of carbonyl (C=O) groups is 1. The van der Waals surface area contributed by atoms with Crippen LogP contribution in [0.15, 0.2) is 84.9 Å². The van der Waals surface area contributed by atoms with Gasteiger partial charge in [0.2, 0.25) is 0 Å². The zero-order valence-electron chi connectivity index (χ0n) is 21.8. The normalized spacial score (nSPS) is 11.2. The Balaban J connectivity index is 1.64. The summed E-state index contributed by atoms with van der Waals surface area (Å²) in [7, 11) is 3.92. The van der Waals surface area contributed by atoms with Crippen molar-refractivity contribution in [1.29, 1.82) is 0 Å². The summed E-state index contributed by atoms with van der Waals surface area (Å²) in [5, 5.41) is 8.83. The molecule has 0 amide bonds. The Kier molecular flexibility index (Phi) is 8.14. The topological polar surface area (TPSA) is 59.0 Å². The van der Waals surface area contributed by atoms with Crippen LogP contribution in [-0.4, -0.2) is 31.8 Å². The molecule has 0 fully saturated rings. The molecule has 0 aliphatic carbocycles. The highest BCUT2D eigenvalue weighted by atomic mass is 19.4. The van der Waals surface area contributed by atoms with Crippen LogP contribution in [0, 0.1) is 6.92 Å². The van der Waals surface area contributed by atoms with Crippen LogP contribution in [0.4, 0.5) is 18.9 Å². The van der Waals surface area contributed by atoms with Crippen LogP contribution in [-0.2, 0) is 17.6 Å². The van der Waals surface area contributed by atoms with Gasteiger partial charge in [-0.25, -0.2) is 4.79 Å². The second-order valence-electron chi connectivity index (χ2n) is 9.33. The zero-order valence-corrected chi connectivity index (χ0v) is 21.8. The summed E-state index contributed by atoms with van der Waals surface area (Å²) in [5.74, 6) is -0.0284. The minimum absolute atomic E-state index is 0.214. The number of aryl methyl sites for hydroxylation is 1. The van der Waals surface area contributed by atoms with Gasteiger partial charge in [-0.3, -0.25) is 0 Å². The van der Waals surface area contributed by atoms with Crippen molar-refractivity contribution in [1.82, 2.24) is 0 Å². The van der Waals surface area contributed by atoms with E-state index in [1.54, 1.807) is 25.1 Å². The molecule has 8 heteroatoms. The second-order valence-corrected chi connectivity index (χ2v) is 9.33. The van der Waals surface area contributed by atoms with Gasteiger partial charge < -0.3 is 19.5 Å². The lowest BCUT2D eigenvalue weighted by Gasteiger charge is -2.15. The number of ether oxygens (including phenoxy) is 2. The summed E-state index contributed by atoms with van der Waals surface area (Å²) < 4.78 is 50.6. The van der Waals surface area contributed by atoms with E-state index in [2.05, 4.69) is 0 Å². The van der Waals surface area contributed by atoms with Crippen LogP contribution in [0.2, 0.25) is 0 Å². The third kappa shape index (κ3) is 7.10. The fraction of sp³-hybridized carbons (Fsp3) is 0.194. The smallest absolute Gasteiger partial charge is 0.416 e. The van der Waals surface area contributed by atoms with Crippen LogP contribution in [0.1, 0.15) is 16.7 Å². The first-order valence-electron chi connectivity index (χ1n) is 12.2. The Morgan fingerprint density at radius 3 is 1.90 bits per heavy atom. The molecule has 0 aromatic heterocycles. The third-order valence-electron chi connectivity index (χ3n) is 6.16. The third-order valence-corrected chi connectivity index (χ3v) is 6.16. The van der Waals surface area contributed by atoms with Gasteiger partial charge in [-0.05, 0) is 101 Å². The summed E-state index contributed by atoms with van der Waals surface area (Å²) in [6.45, 7) is 1.58. The molecule has 0 bridgehead atoms. The number of anilines is 1. The van der Waals surface area contributed by atoms with E-state index in [4.69, 9.17) is 14.6 Å². The highest BCUT2D eigenvalue weighted by Crippen LogP contribution is 2.34. The summed E-state index contributed by atoms with van der Waals surface area (Å²) in [5.41, 5.74) is 5.22. The van der Waals surface area contributed by atoms with E-state index in [1.165, 1.54) is 12.1 Å². The van der Waals surface area contributed by atoms with Gasteiger partial charge in [0.1, 0.15) is 18.1 Å². The molecule has 0 atom stereocenters. The number of rotatable bonds is 9. The highest BCUT2D eigenvalue weighted by molar-refractivity contribution is 5.75. The number of aliphatic carboxylic acids is 1. The molecule has 0 spiro atoms. The van der Waals surface area contributed by atoms with Crippen LogP contribution in [0.25, 0.3) is 22.3 Å². The lowest BCUT2D eigenvalue weighted by atomic mass is 9.95. The number of hydrogen-bond donors (Lipinski definition) is 1. The predicted molar refractivity (Wildman–Crippen MR) is 145 cm³/mol. The number of nitrogens with zero attached hydrogens (tertiary/aromatic N) is 1. The fourth-order valence-electron chi connectivity index (χ4n) is 4.09. The number of halogens is 3. The average Bonchev–Trinajstić information content (AvgIpc) is 2.90. The Hall–Kier alpha value is -4.46. The number of benzene rings is 4. The van der Waals surface area contributed by atoms with Gasteiger partial charge in [-0.1, -0.05) is 24.3 Å². The van der Waals surface area contributed by atoms with Gasteiger partial charge in [0.15, 0.2) is 6.61 Å². The first kappa shape index (κ1) is 27.6. The second kappa shape index (κ2) is 11.5. The Bertz CT molecular complexity index is 1450. The SMILES string of the molecule is Cc1cc(OCc2cc(-c3ccc(N(C)C)cc3)cc(-c3ccc(C(F)(F)F)cc3)c2)ccc1OCC(=O)O. The summed E-state index contributed by atoms with van der Waals surface area (Å²) in [6.07, 6.45) is -4.40. The molecule has 0 unspecified atom stereocenters. The Morgan fingerprint density at radius 1 is 0.795 bits per heavy atom. The first-order chi connectivity index (χ1) is 18.5. The van der Waals surface area contributed by atoms with E-state index < -0.39 is 24.3 Å². The monoisotopic (exact) mass is 535 g/mol. The van der Waals surface area contributed by atoms with Gasteiger partial charge in [-0.15, -0.1) is 0 Å². The highest BCUT2D eigenvalue weighted by Gasteiger charge is 2.30. The van der Waals surface area contributed by atoms with Crippen LogP contribution in [0.3, 0.4) is 0 Å². The summed E-state index contributed by atoms with van der Waals surface area (Å²) in [4.78, 5) is 12.8. The van der Waals surface area contributed by atoms with E-state index in [0.29, 0.717) is 17.1 Å². The predicted octanol–water partition coefficient (Wildman–Crippen LogP) is 7.46. The molecule has 0 saturated heterocycles. The number of carboxylic acid groups (broad SMARTS) is 1. The average molecular weight is 536 g/mol. The van der Waals surface area contributed by atoms with E-state index in [1.807, 2.05) is 61.5 Å². The quantitative estimate of drug-likeness (QED) is 0.241. The van der Waals surface area contributed by atoms with Gasteiger partial charge in [0.05, 0.1) is 5.56 Å². The maximum Gasteiger partial charge on any atom is 0.416 e. The Labute approximate surface area is 225 Å². The van der Waals surface area contributed by atoms with Crippen LogP contribution >= 0.6 is 0 Å². The van der Waals surface area contributed by atoms with E-state index in [9.17, 15) is 18.0 Å². The molecule has 0 aliphatic heterocycles. The standard InChI is InChI=1S/C31H28F3NO4/c1-20-14-28(12-13-29(20)39-19-30(36)37)38-18-21-15-24(22-4-8-26(9-5-22)31(32,33)34)17-25(16-21)23-6-10-27(11-7-23)35(2)3/h4-17H,18-19H2,1-3H3,(H,36,37). The van der Waals surface area contributed by atoms with Crippen LogP contribution in [0.5, 0.6) is 11.5 Å². The molecule has 0 saturated carbocycles. The van der Waals surface area contributed by atoms with E-state index in [0.717, 1.165) is 45.6 Å². The molecular formula is C31H28F3NO4. The van der Waals surface area contributed by atoms with E-state index in [-0.39, 0.29) is 6.61 Å². The number of hydrogen-bond acceptors (Lipinski definition) is 4. The minimum Gasteiger partial charge on any atom is -0.489 e. The largest absolute Gasteiger partial charge is 0.489 e. The molecule has 4 rings (SSSR count). The molecule has 1 N–H and O–H groups in total. The summed E-state index contributed by atoms with van der Waals surface area (Å²) in [6, 6.07) is 24.1. The van der Waals surface area contributed by atoms with Crippen LogP contribution < -0.4 is 14.4 Å². The molecule has 4 aromatic rings. The molecule has 202 valence electrons. The fourth-order valence-corrected chi connectivity index (χ4v) is 4.09. The minimum atomic E-state index is -4.40. The van der Waals surface area contributed by atoms with Crippen molar-refractivity contribution in [2.75, 3.05) is 25.6 Å². The van der Waals surface area contributed by atoms with Crippen molar-refractivity contribution in [3.05, 3.63) is 102 Å². The van der Waals surface area contributed by atoms with Crippen molar-refractivity contribution in [2.24, 2.45) is 0 Å². The maximum atomic E-state index is 13.1. The maximum absolute atomic E-state index is 13.1. The Morgan fingerprint density at radius 2 is 1.38 bits per heavy atom. The molecule has 4 aromatic carbocycles. The van der Waals surface area contributed by atoms with Gasteiger partial charge in [-0.2, -0.15) is 13.2 Å². The molecule has 0 radical (unpaired) electrons. The van der Waals surface area contributed by atoms with Crippen molar-refractivity contribution < 1.29 is 32.5 Å². The molecule has 5 nitrogen and oxygen atoms in total. The van der Waals surface area contributed by atoms with Gasteiger partial charge in [0.25, 0.3) is 0 Å².